The first-order valence-electron chi connectivity index (χ1n) is 6.29. The maximum Gasteiger partial charge on any atom is 0.249 e. The molecule has 0 unspecified atom stereocenters. The fraction of sp³-hybridized carbons (Fsp3) is 0.429. The molecule has 0 aliphatic heterocycles. The molecule has 0 saturated heterocycles. The van der Waals surface area contributed by atoms with Gasteiger partial charge in [0, 0.05) is 11.1 Å². The summed E-state index contributed by atoms with van der Waals surface area (Å²) in [5, 5.41) is 0. The van der Waals surface area contributed by atoms with E-state index in [4.69, 9.17) is 23.7 Å². The molecule has 0 aliphatic carbocycles. The lowest BCUT2D eigenvalue weighted by Crippen LogP contribution is -2.21. The van der Waals surface area contributed by atoms with Gasteiger partial charge in [0.2, 0.25) is 5.91 Å². The van der Waals surface area contributed by atoms with Gasteiger partial charge in [-0.1, -0.05) is 50.5 Å². The Labute approximate surface area is 114 Å². The van der Waals surface area contributed by atoms with E-state index in [2.05, 4.69) is 6.92 Å². The van der Waals surface area contributed by atoms with Crippen molar-refractivity contribution in [3.8, 4) is 0 Å². The molecule has 4 N–H and O–H groups in total. The summed E-state index contributed by atoms with van der Waals surface area (Å²) in [6.07, 6.45) is 5.55. The smallest absolute Gasteiger partial charge is 0.249 e. The van der Waals surface area contributed by atoms with E-state index in [0.29, 0.717) is 11.1 Å². The van der Waals surface area contributed by atoms with Crippen molar-refractivity contribution < 1.29 is 4.79 Å². The molecule has 0 fully saturated rings. The number of thiocarbonyl (C=S) groups is 1. The summed E-state index contributed by atoms with van der Waals surface area (Å²) in [4.78, 5) is 11.6. The van der Waals surface area contributed by atoms with Crippen molar-refractivity contribution in [3.05, 3.63) is 34.9 Å². The Morgan fingerprint density at radius 2 is 1.94 bits per heavy atom. The van der Waals surface area contributed by atoms with Crippen molar-refractivity contribution in [2.45, 2.75) is 39.0 Å². The predicted molar refractivity (Wildman–Crippen MR) is 78.7 cm³/mol. The zero-order chi connectivity index (χ0) is 13.5. The second-order valence-electron chi connectivity index (χ2n) is 4.38. The number of benzene rings is 1. The van der Waals surface area contributed by atoms with Gasteiger partial charge in [-0.15, -0.1) is 0 Å². The van der Waals surface area contributed by atoms with E-state index in [9.17, 15) is 4.79 Å². The van der Waals surface area contributed by atoms with Crippen LogP contribution in [0.1, 0.15) is 54.1 Å². The number of nitrogens with two attached hydrogens (primary N) is 2. The monoisotopic (exact) mass is 264 g/mol. The number of amides is 1. The van der Waals surface area contributed by atoms with E-state index >= 15 is 0 Å². The average Bonchev–Trinajstić information content (AvgIpc) is 2.33. The van der Waals surface area contributed by atoms with Crippen molar-refractivity contribution in [2.24, 2.45) is 11.5 Å². The maximum absolute atomic E-state index is 11.4. The Hall–Kier alpha value is -1.42. The van der Waals surface area contributed by atoms with Gasteiger partial charge in [-0.2, -0.15) is 0 Å². The largest absolute Gasteiger partial charge is 0.389 e. The highest BCUT2D eigenvalue weighted by Gasteiger charge is 2.14. The van der Waals surface area contributed by atoms with E-state index < -0.39 is 5.91 Å². The number of hydrogen-bond acceptors (Lipinski definition) is 2. The molecule has 1 rings (SSSR count). The van der Waals surface area contributed by atoms with Crippen LogP contribution in [0.5, 0.6) is 0 Å². The molecule has 0 atom stereocenters. The molecule has 3 nitrogen and oxygen atoms in total. The Morgan fingerprint density at radius 3 is 2.50 bits per heavy atom. The molecular weight excluding hydrogens is 244 g/mol. The van der Waals surface area contributed by atoms with Crippen molar-refractivity contribution in [3.63, 3.8) is 0 Å². The van der Waals surface area contributed by atoms with Gasteiger partial charge in [0.05, 0.1) is 0 Å². The highest BCUT2D eigenvalue weighted by molar-refractivity contribution is 7.80. The molecule has 4 heteroatoms. The number of aryl methyl sites for hydroxylation is 1. The Morgan fingerprint density at radius 1 is 1.22 bits per heavy atom. The van der Waals surface area contributed by atoms with E-state index in [1.54, 1.807) is 6.07 Å². The summed E-state index contributed by atoms with van der Waals surface area (Å²) in [5.41, 5.74) is 13.1. The van der Waals surface area contributed by atoms with Crippen LogP contribution in [-0.2, 0) is 6.42 Å². The van der Waals surface area contributed by atoms with Crippen LogP contribution in [-0.4, -0.2) is 10.9 Å². The Bertz CT molecular complexity index is 443. The van der Waals surface area contributed by atoms with Crippen molar-refractivity contribution in [2.75, 3.05) is 0 Å². The summed E-state index contributed by atoms with van der Waals surface area (Å²) < 4.78 is 0. The molecule has 1 aromatic carbocycles. The van der Waals surface area contributed by atoms with Crippen LogP contribution in [0.2, 0.25) is 0 Å². The van der Waals surface area contributed by atoms with Gasteiger partial charge in [-0.25, -0.2) is 0 Å². The quantitative estimate of drug-likeness (QED) is 0.587. The number of unbranched alkanes of at least 4 members (excludes halogenated alkanes) is 3. The summed E-state index contributed by atoms with van der Waals surface area (Å²) in [5.74, 6) is -0.479. The molecule has 0 bridgehead atoms. The minimum Gasteiger partial charge on any atom is -0.389 e. The highest BCUT2D eigenvalue weighted by Crippen LogP contribution is 2.17. The first-order chi connectivity index (χ1) is 8.57. The van der Waals surface area contributed by atoms with E-state index in [0.717, 1.165) is 18.4 Å². The second kappa shape index (κ2) is 7.11. The minimum atomic E-state index is -0.479. The first kappa shape index (κ1) is 14.6. The van der Waals surface area contributed by atoms with Crippen LogP contribution < -0.4 is 11.5 Å². The van der Waals surface area contributed by atoms with E-state index in [1.807, 2.05) is 12.1 Å². The van der Waals surface area contributed by atoms with Crippen molar-refractivity contribution in [1.29, 1.82) is 0 Å². The molecular formula is C14H20N2OS. The van der Waals surface area contributed by atoms with Crippen molar-refractivity contribution in [1.82, 2.24) is 0 Å². The van der Waals surface area contributed by atoms with Gasteiger partial charge in [0.15, 0.2) is 0 Å². The van der Waals surface area contributed by atoms with Gasteiger partial charge in [0.25, 0.3) is 0 Å². The van der Waals surface area contributed by atoms with Crippen LogP contribution >= 0.6 is 12.2 Å². The molecule has 0 radical (unpaired) electrons. The standard InChI is InChI=1S/C14H20N2OS/c1-2-3-4-5-7-10-8-6-9-11(13(15)17)12(10)14(16)18/h6,8-9H,2-5,7H2,1H3,(H2,15,17)(H2,16,18). The first-order valence-corrected chi connectivity index (χ1v) is 6.70. The Balaban J connectivity index is 2.93. The molecule has 1 amide bonds. The summed E-state index contributed by atoms with van der Waals surface area (Å²) in [6.45, 7) is 2.17. The fourth-order valence-corrected chi connectivity index (χ4v) is 2.29. The molecule has 18 heavy (non-hydrogen) atoms. The van der Waals surface area contributed by atoms with Crippen molar-refractivity contribution >= 4 is 23.1 Å². The summed E-state index contributed by atoms with van der Waals surface area (Å²) in [6, 6.07) is 5.47. The van der Waals surface area contributed by atoms with Crippen LogP contribution in [0.15, 0.2) is 18.2 Å². The zero-order valence-corrected chi connectivity index (χ0v) is 11.6. The topological polar surface area (TPSA) is 69.1 Å². The second-order valence-corrected chi connectivity index (χ2v) is 4.82. The predicted octanol–water partition coefficient (Wildman–Crippen LogP) is 2.54. The molecule has 98 valence electrons. The molecule has 0 aromatic heterocycles. The van der Waals surface area contributed by atoms with Crippen LogP contribution in [0.25, 0.3) is 0 Å². The molecule has 0 saturated carbocycles. The molecule has 0 spiro atoms. The third-order valence-corrected chi connectivity index (χ3v) is 3.17. The number of primary amides is 1. The molecule has 0 heterocycles. The zero-order valence-electron chi connectivity index (χ0n) is 10.7. The third kappa shape index (κ3) is 3.81. The third-order valence-electron chi connectivity index (χ3n) is 2.96. The number of rotatable bonds is 7. The lowest BCUT2D eigenvalue weighted by atomic mass is 9.96. The number of carbonyl (C=O) groups excluding carboxylic acids is 1. The Kier molecular flexibility index (Phi) is 5.78. The highest BCUT2D eigenvalue weighted by atomic mass is 32.1. The van der Waals surface area contributed by atoms with E-state index in [-0.39, 0.29) is 4.99 Å². The van der Waals surface area contributed by atoms with Crippen LogP contribution in [0, 0.1) is 0 Å². The van der Waals surface area contributed by atoms with Crippen LogP contribution in [0.4, 0.5) is 0 Å². The average molecular weight is 264 g/mol. The maximum atomic E-state index is 11.4. The minimum absolute atomic E-state index is 0.245. The number of carbonyl (C=O) groups is 1. The fourth-order valence-electron chi connectivity index (χ4n) is 2.05. The molecule has 1 aromatic rings. The van der Waals surface area contributed by atoms with E-state index in [1.165, 1.54) is 19.3 Å². The SMILES string of the molecule is CCCCCCc1cccc(C(N)=O)c1C(N)=S. The van der Waals surface area contributed by atoms with Gasteiger partial charge >= 0.3 is 0 Å². The van der Waals surface area contributed by atoms with Gasteiger partial charge < -0.3 is 11.5 Å². The molecule has 0 aliphatic rings. The lowest BCUT2D eigenvalue weighted by molar-refractivity contribution is 0.1000. The normalized spacial score (nSPS) is 10.3. The van der Waals surface area contributed by atoms with Gasteiger partial charge in [0.1, 0.15) is 4.99 Å². The lowest BCUT2D eigenvalue weighted by Gasteiger charge is -2.11. The van der Waals surface area contributed by atoms with Gasteiger partial charge in [-0.05, 0) is 24.5 Å². The summed E-state index contributed by atoms with van der Waals surface area (Å²) >= 11 is 5.03. The van der Waals surface area contributed by atoms with Gasteiger partial charge in [-0.3, -0.25) is 4.79 Å². The number of hydrogen-bond donors (Lipinski definition) is 2. The summed E-state index contributed by atoms with van der Waals surface area (Å²) in [7, 11) is 0. The van der Waals surface area contributed by atoms with Crippen LogP contribution in [0.3, 0.4) is 0 Å².